The second-order valence-electron chi connectivity index (χ2n) is 5.02. The average Bonchev–Trinajstić information content (AvgIpc) is 2.25. The SMILES string of the molecule is CS(=O)(=O)C1CSCCN1C(=O)C1CCC1C(=O)O. The molecule has 0 aromatic carbocycles. The number of aliphatic carboxylic acids is 1. The fourth-order valence-electron chi connectivity index (χ4n) is 2.49. The van der Waals surface area contributed by atoms with E-state index in [0.717, 1.165) is 6.26 Å². The molecule has 1 saturated heterocycles. The van der Waals surface area contributed by atoms with Gasteiger partial charge in [-0.05, 0) is 12.8 Å². The van der Waals surface area contributed by atoms with Crippen LogP contribution in [-0.2, 0) is 19.4 Å². The molecule has 3 atom stereocenters. The summed E-state index contributed by atoms with van der Waals surface area (Å²) in [5, 5.41) is 8.17. The van der Waals surface area contributed by atoms with Gasteiger partial charge in [0.15, 0.2) is 9.84 Å². The number of carbonyl (C=O) groups excluding carboxylic acids is 1. The fraction of sp³-hybridized carbons (Fsp3) is 0.818. The lowest BCUT2D eigenvalue weighted by Gasteiger charge is -2.40. The molecule has 2 fully saturated rings. The largest absolute Gasteiger partial charge is 0.481 e. The van der Waals surface area contributed by atoms with Crippen molar-refractivity contribution in [1.82, 2.24) is 4.90 Å². The minimum atomic E-state index is -3.34. The summed E-state index contributed by atoms with van der Waals surface area (Å²) in [7, 11) is -3.34. The van der Waals surface area contributed by atoms with Crippen molar-refractivity contribution in [3.8, 4) is 0 Å². The Morgan fingerprint density at radius 1 is 1.26 bits per heavy atom. The predicted octanol–water partition coefficient (Wildman–Crippen LogP) is 0.0433. The summed E-state index contributed by atoms with van der Waals surface area (Å²) in [6.45, 7) is 0.379. The van der Waals surface area contributed by atoms with E-state index in [1.54, 1.807) is 0 Å². The van der Waals surface area contributed by atoms with Gasteiger partial charge in [0.05, 0.1) is 11.8 Å². The van der Waals surface area contributed by atoms with Gasteiger partial charge < -0.3 is 10.0 Å². The highest BCUT2D eigenvalue weighted by atomic mass is 32.2. The molecular weight excluding hydrogens is 290 g/mol. The van der Waals surface area contributed by atoms with E-state index in [-0.39, 0.29) is 5.91 Å². The number of carbonyl (C=O) groups is 2. The molecule has 0 radical (unpaired) electrons. The molecule has 0 spiro atoms. The third-order valence-electron chi connectivity index (χ3n) is 3.77. The van der Waals surface area contributed by atoms with E-state index >= 15 is 0 Å². The van der Waals surface area contributed by atoms with Crippen LogP contribution in [0.3, 0.4) is 0 Å². The van der Waals surface area contributed by atoms with E-state index in [1.165, 1.54) is 16.7 Å². The Kier molecular flexibility index (Phi) is 4.10. The van der Waals surface area contributed by atoms with Crippen molar-refractivity contribution >= 4 is 33.5 Å². The first-order chi connectivity index (χ1) is 8.82. The predicted molar refractivity (Wildman–Crippen MR) is 71.5 cm³/mol. The lowest BCUT2D eigenvalue weighted by molar-refractivity contribution is -0.156. The molecule has 6 nitrogen and oxygen atoms in total. The second-order valence-corrected chi connectivity index (χ2v) is 8.37. The van der Waals surface area contributed by atoms with Crippen LogP contribution in [0.15, 0.2) is 0 Å². The molecular formula is C11H17NO5S2. The zero-order chi connectivity index (χ0) is 14.2. The minimum Gasteiger partial charge on any atom is -0.481 e. The van der Waals surface area contributed by atoms with E-state index in [4.69, 9.17) is 5.11 Å². The minimum absolute atomic E-state index is 0.311. The van der Waals surface area contributed by atoms with Crippen LogP contribution < -0.4 is 0 Å². The number of nitrogens with zero attached hydrogens (tertiary/aromatic N) is 1. The lowest BCUT2D eigenvalue weighted by atomic mass is 9.73. The zero-order valence-electron chi connectivity index (χ0n) is 10.6. The van der Waals surface area contributed by atoms with Gasteiger partial charge in [0.2, 0.25) is 5.91 Å². The smallest absolute Gasteiger partial charge is 0.307 e. The van der Waals surface area contributed by atoms with Gasteiger partial charge in [-0.2, -0.15) is 11.8 Å². The molecule has 2 rings (SSSR count). The van der Waals surface area contributed by atoms with E-state index in [2.05, 4.69) is 0 Å². The highest BCUT2D eigenvalue weighted by molar-refractivity contribution is 8.00. The monoisotopic (exact) mass is 307 g/mol. The second kappa shape index (κ2) is 5.32. The summed E-state index contributed by atoms with van der Waals surface area (Å²) in [5.41, 5.74) is 0. The molecule has 2 aliphatic rings. The van der Waals surface area contributed by atoms with Crippen LogP contribution in [0.5, 0.6) is 0 Å². The molecule has 19 heavy (non-hydrogen) atoms. The van der Waals surface area contributed by atoms with E-state index in [9.17, 15) is 18.0 Å². The summed E-state index contributed by atoms with van der Waals surface area (Å²) in [4.78, 5) is 24.7. The highest BCUT2D eigenvalue weighted by Gasteiger charge is 2.46. The summed E-state index contributed by atoms with van der Waals surface area (Å²) in [6.07, 6.45) is 2.16. The van der Waals surface area contributed by atoms with E-state index in [1.807, 2.05) is 0 Å². The van der Waals surface area contributed by atoms with Crippen molar-refractivity contribution in [3.63, 3.8) is 0 Å². The Morgan fingerprint density at radius 3 is 2.37 bits per heavy atom. The number of hydrogen-bond donors (Lipinski definition) is 1. The molecule has 1 aliphatic heterocycles. The quantitative estimate of drug-likeness (QED) is 0.792. The number of carboxylic acids is 1. The molecule has 8 heteroatoms. The van der Waals surface area contributed by atoms with Crippen LogP contribution in [0.4, 0.5) is 0 Å². The van der Waals surface area contributed by atoms with Crippen LogP contribution >= 0.6 is 11.8 Å². The maximum Gasteiger partial charge on any atom is 0.307 e. The van der Waals surface area contributed by atoms with E-state index in [0.29, 0.717) is 30.9 Å². The standard InChI is InChI=1S/C11H17NO5S2/c1-19(16,17)9-6-18-5-4-12(9)10(13)7-2-3-8(7)11(14)15/h7-9H,2-6H2,1H3,(H,14,15). The van der Waals surface area contributed by atoms with Crippen molar-refractivity contribution in [3.05, 3.63) is 0 Å². The van der Waals surface area contributed by atoms with Gasteiger partial charge in [-0.1, -0.05) is 0 Å². The number of rotatable bonds is 3. The van der Waals surface area contributed by atoms with Gasteiger partial charge in [-0.3, -0.25) is 9.59 Å². The Morgan fingerprint density at radius 2 is 1.89 bits per heavy atom. The zero-order valence-corrected chi connectivity index (χ0v) is 12.2. The van der Waals surface area contributed by atoms with Crippen LogP contribution in [0.2, 0.25) is 0 Å². The molecule has 108 valence electrons. The first kappa shape index (κ1) is 14.6. The van der Waals surface area contributed by atoms with Crippen LogP contribution in [0.25, 0.3) is 0 Å². The van der Waals surface area contributed by atoms with Crippen molar-refractivity contribution in [1.29, 1.82) is 0 Å². The molecule has 0 aromatic rings. The molecule has 1 saturated carbocycles. The van der Waals surface area contributed by atoms with Crippen LogP contribution in [0, 0.1) is 11.8 Å². The molecule has 1 amide bonds. The average molecular weight is 307 g/mol. The number of thioether (sulfide) groups is 1. The number of amides is 1. The number of hydrogen-bond acceptors (Lipinski definition) is 5. The fourth-order valence-corrected chi connectivity index (χ4v) is 5.32. The normalized spacial score (nSPS) is 31.6. The lowest BCUT2D eigenvalue weighted by Crippen LogP contribution is -2.55. The number of sulfone groups is 1. The molecule has 3 unspecified atom stereocenters. The Labute approximate surface area is 116 Å². The van der Waals surface area contributed by atoms with Gasteiger partial charge in [0, 0.05) is 24.3 Å². The van der Waals surface area contributed by atoms with Crippen LogP contribution in [0.1, 0.15) is 12.8 Å². The number of carboxylic acid groups (broad SMARTS) is 1. The Hall–Kier alpha value is -0.760. The topological polar surface area (TPSA) is 91.8 Å². The Bertz CT molecular complexity index is 489. The van der Waals surface area contributed by atoms with Crippen molar-refractivity contribution in [2.24, 2.45) is 11.8 Å². The maximum absolute atomic E-state index is 12.3. The molecule has 1 aliphatic carbocycles. The van der Waals surface area contributed by atoms with Crippen LogP contribution in [-0.4, -0.2) is 60.0 Å². The van der Waals surface area contributed by atoms with Crippen molar-refractivity contribution in [2.75, 3.05) is 24.3 Å². The molecule has 1 N–H and O–H groups in total. The van der Waals surface area contributed by atoms with Gasteiger partial charge in [-0.25, -0.2) is 8.42 Å². The molecule has 0 aromatic heterocycles. The van der Waals surface area contributed by atoms with Gasteiger partial charge in [0.25, 0.3) is 0 Å². The summed E-state index contributed by atoms with van der Waals surface area (Å²) >= 11 is 1.51. The third-order valence-corrected chi connectivity index (χ3v) is 6.41. The van der Waals surface area contributed by atoms with Gasteiger partial charge >= 0.3 is 5.97 Å². The Balaban J connectivity index is 2.15. The van der Waals surface area contributed by atoms with Crippen molar-refractivity contribution in [2.45, 2.75) is 18.2 Å². The van der Waals surface area contributed by atoms with Gasteiger partial charge in [-0.15, -0.1) is 0 Å². The highest BCUT2D eigenvalue weighted by Crippen LogP contribution is 2.37. The molecule has 1 heterocycles. The first-order valence-corrected chi connectivity index (χ1v) is 9.23. The third kappa shape index (κ3) is 2.89. The van der Waals surface area contributed by atoms with E-state index < -0.39 is 33.0 Å². The summed E-state index contributed by atoms with van der Waals surface area (Å²) in [5.74, 6) is -1.41. The van der Waals surface area contributed by atoms with Gasteiger partial charge in [0.1, 0.15) is 5.37 Å². The maximum atomic E-state index is 12.3. The first-order valence-electron chi connectivity index (χ1n) is 6.12. The summed E-state index contributed by atoms with van der Waals surface area (Å²) in [6, 6.07) is 0. The summed E-state index contributed by atoms with van der Waals surface area (Å²) < 4.78 is 23.4. The molecule has 0 bridgehead atoms. The van der Waals surface area contributed by atoms with Crippen molar-refractivity contribution < 1.29 is 23.1 Å².